The summed E-state index contributed by atoms with van der Waals surface area (Å²) in [5.74, 6) is 0. The Hall–Kier alpha value is -1.41. The van der Waals surface area contributed by atoms with Crippen molar-refractivity contribution in [3.8, 4) is 0 Å². The van der Waals surface area contributed by atoms with E-state index in [0.717, 1.165) is 0 Å². The van der Waals surface area contributed by atoms with Gasteiger partial charge in [-0.1, -0.05) is 94.7 Å². The molecular weight excluding hydrogens is 334 g/mol. The molecule has 2 aromatic carbocycles. The molecule has 0 bridgehead atoms. The van der Waals surface area contributed by atoms with E-state index < -0.39 is 0 Å². The summed E-state index contributed by atoms with van der Waals surface area (Å²) < 4.78 is 0. The van der Waals surface area contributed by atoms with Gasteiger partial charge in [-0.2, -0.15) is 0 Å². The first-order chi connectivity index (χ1) is 12.9. The molecular formula is C24H33NS. The molecule has 3 rings (SSSR count). The van der Waals surface area contributed by atoms with Gasteiger partial charge in [-0.15, -0.1) is 0 Å². The van der Waals surface area contributed by atoms with Gasteiger partial charge in [-0.25, -0.2) is 0 Å². The number of anilines is 2. The molecule has 0 spiro atoms. The molecule has 0 fully saturated rings. The lowest BCUT2D eigenvalue weighted by Crippen LogP contribution is -2.00. The second-order valence-corrected chi connectivity index (χ2v) is 8.57. The lowest BCUT2D eigenvalue weighted by atomic mass is 10.0. The molecule has 0 saturated carbocycles. The Kier molecular flexibility index (Phi) is 7.94. The highest BCUT2D eigenvalue weighted by Gasteiger charge is 2.15. The Morgan fingerprint density at radius 2 is 1.35 bits per heavy atom. The van der Waals surface area contributed by atoms with Crippen LogP contribution in [-0.2, 0) is 6.42 Å². The number of hydrogen-bond acceptors (Lipinski definition) is 2. The molecule has 1 heterocycles. The number of para-hydroxylation sites is 1. The average molecular weight is 368 g/mol. The van der Waals surface area contributed by atoms with E-state index in [4.69, 9.17) is 0 Å². The highest BCUT2D eigenvalue weighted by Crippen LogP contribution is 2.44. The second kappa shape index (κ2) is 10.7. The van der Waals surface area contributed by atoms with Crippen molar-refractivity contribution in [3.05, 3.63) is 48.0 Å². The van der Waals surface area contributed by atoms with Crippen molar-refractivity contribution in [2.45, 2.75) is 87.3 Å². The monoisotopic (exact) mass is 367 g/mol. The summed E-state index contributed by atoms with van der Waals surface area (Å²) in [4.78, 5) is 2.70. The zero-order chi connectivity index (χ0) is 18.0. The molecule has 26 heavy (non-hydrogen) atoms. The van der Waals surface area contributed by atoms with Gasteiger partial charge in [0.15, 0.2) is 0 Å². The Morgan fingerprint density at radius 1 is 0.692 bits per heavy atom. The minimum atomic E-state index is 1.21. The number of hydrogen-bond donors (Lipinski definition) is 1. The van der Waals surface area contributed by atoms with E-state index >= 15 is 0 Å². The van der Waals surface area contributed by atoms with Crippen molar-refractivity contribution in [2.75, 3.05) is 5.32 Å². The van der Waals surface area contributed by atoms with Crippen LogP contribution in [0.4, 0.5) is 11.4 Å². The van der Waals surface area contributed by atoms with Crippen LogP contribution in [0.2, 0.25) is 0 Å². The summed E-state index contributed by atoms with van der Waals surface area (Å²) in [6.07, 6.45) is 15.3. The highest BCUT2D eigenvalue weighted by molar-refractivity contribution is 7.99. The Morgan fingerprint density at radius 3 is 2.12 bits per heavy atom. The van der Waals surface area contributed by atoms with Gasteiger partial charge in [0.05, 0.1) is 11.4 Å². The number of fused-ring (bicyclic) bond motifs is 2. The Bertz CT molecular complexity index is 680. The molecule has 0 aliphatic carbocycles. The lowest BCUT2D eigenvalue weighted by molar-refractivity contribution is 0.556. The fraction of sp³-hybridized carbons (Fsp3) is 0.500. The van der Waals surface area contributed by atoms with Gasteiger partial charge in [-0.3, -0.25) is 0 Å². The largest absolute Gasteiger partial charge is 0.354 e. The maximum absolute atomic E-state index is 3.56. The van der Waals surface area contributed by atoms with Gasteiger partial charge in [0.25, 0.3) is 0 Å². The topological polar surface area (TPSA) is 12.0 Å². The fourth-order valence-corrected chi connectivity index (χ4v) is 4.70. The first kappa shape index (κ1) is 19.4. The van der Waals surface area contributed by atoms with Crippen LogP contribution in [0.3, 0.4) is 0 Å². The standard InChI is InChI=1S/C24H33NS/c1-2-3-4-5-6-7-8-9-10-11-14-20-17-18-22-24(19-20)26-23-16-13-12-15-21(23)25-22/h12-13,15-19,25H,2-11,14H2,1H3. The van der Waals surface area contributed by atoms with E-state index in [1.807, 2.05) is 11.8 Å². The lowest BCUT2D eigenvalue weighted by Gasteiger charge is -2.21. The van der Waals surface area contributed by atoms with Crippen LogP contribution in [0.15, 0.2) is 52.3 Å². The van der Waals surface area contributed by atoms with Crippen LogP contribution in [0.1, 0.15) is 76.7 Å². The zero-order valence-electron chi connectivity index (χ0n) is 16.2. The number of unbranched alkanes of at least 4 members (excludes halogenated alkanes) is 9. The zero-order valence-corrected chi connectivity index (χ0v) is 17.0. The van der Waals surface area contributed by atoms with Gasteiger partial charge >= 0.3 is 0 Å². The average Bonchev–Trinajstić information content (AvgIpc) is 2.67. The Labute approximate surface area is 164 Å². The molecule has 1 aliphatic rings. The van der Waals surface area contributed by atoms with Crippen molar-refractivity contribution in [3.63, 3.8) is 0 Å². The fourth-order valence-electron chi connectivity index (χ4n) is 3.65. The van der Waals surface area contributed by atoms with Crippen LogP contribution in [0.5, 0.6) is 0 Å². The van der Waals surface area contributed by atoms with Crippen LogP contribution >= 0.6 is 11.8 Å². The first-order valence-electron chi connectivity index (χ1n) is 10.5. The van der Waals surface area contributed by atoms with Crippen LogP contribution < -0.4 is 5.32 Å². The SMILES string of the molecule is CCCCCCCCCCCCc1ccc2c(c1)Sc1ccccc1N2. The predicted octanol–water partition coefficient (Wildman–Crippen LogP) is 8.36. The Balaban J connectivity index is 1.34. The molecule has 0 aromatic heterocycles. The number of benzene rings is 2. The summed E-state index contributed by atoms with van der Waals surface area (Å²) in [5.41, 5.74) is 3.96. The predicted molar refractivity (Wildman–Crippen MR) is 116 cm³/mol. The van der Waals surface area contributed by atoms with Gasteiger partial charge in [0, 0.05) is 9.79 Å². The van der Waals surface area contributed by atoms with E-state index in [1.54, 1.807) is 0 Å². The molecule has 0 unspecified atom stereocenters. The van der Waals surface area contributed by atoms with Crippen molar-refractivity contribution in [2.24, 2.45) is 0 Å². The van der Waals surface area contributed by atoms with Gasteiger partial charge in [0.1, 0.15) is 0 Å². The quantitative estimate of drug-likeness (QED) is 0.342. The van der Waals surface area contributed by atoms with Gasteiger partial charge in [-0.05, 0) is 42.7 Å². The third-order valence-electron chi connectivity index (χ3n) is 5.24. The van der Waals surface area contributed by atoms with E-state index in [-0.39, 0.29) is 0 Å². The van der Waals surface area contributed by atoms with Crippen molar-refractivity contribution < 1.29 is 0 Å². The van der Waals surface area contributed by atoms with E-state index in [2.05, 4.69) is 54.7 Å². The van der Waals surface area contributed by atoms with Crippen LogP contribution in [0, 0.1) is 0 Å². The summed E-state index contributed by atoms with van der Waals surface area (Å²) in [7, 11) is 0. The van der Waals surface area contributed by atoms with E-state index in [9.17, 15) is 0 Å². The molecule has 2 heteroatoms. The molecule has 2 aromatic rings. The molecule has 1 nitrogen and oxygen atoms in total. The molecule has 140 valence electrons. The molecule has 0 radical (unpaired) electrons. The first-order valence-corrected chi connectivity index (χ1v) is 11.4. The molecule has 0 atom stereocenters. The molecule has 0 saturated heterocycles. The number of aryl methyl sites for hydroxylation is 1. The third kappa shape index (κ3) is 5.81. The summed E-state index contributed by atoms with van der Waals surface area (Å²) in [6, 6.07) is 15.5. The van der Waals surface area contributed by atoms with Crippen molar-refractivity contribution >= 4 is 23.1 Å². The smallest absolute Gasteiger partial charge is 0.0526 e. The number of rotatable bonds is 11. The van der Waals surface area contributed by atoms with Gasteiger partial charge < -0.3 is 5.32 Å². The molecule has 1 aliphatic heterocycles. The second-order valence-electron chi connectivity index (χ2n) is 7.49. The van der Waals surface area contributed by atoms with E-state index in [0.29, 0.717) is 0 Å². The minimum Gasteiger partial charge on any atom is -0.354 e. The van der Waals surface area contributed by atoms with Crippen LogP contribution in [-0.4, -0.2) is 0 Å². The molecule has 0 amide bonds. The summed E-state index contributed by atoms with van der Waals surface area (Å²) in [6.45, 7) is 2.29. The van der Waals surface area contributed by atoms with Crippen LogP contribution in [0.25, 0.3) is 0 Å². The van der Waals surface area contributed by atoms with Crippen molar-refractivity contribution in [1.82, 2.24) is 0 Å². The maximum atomic E-state index is 3.56. The number of nitrogens with one attached hydrogen (secondary N) is 1. The van der Waals surface area contributed by atoms with E-state index in [1.165, 1.54) is 97.4 Å². The normalized spacial score (nSPS) is 12.3. The van der Waals surface area contributed by atoms with Crippen molar-refractivity contribution in [1.29, 1.82) is 0 Å². The summed E-state index contributed by atoms with van der Waals surface area (Å²) in [5, 5.41) is 3.56. The molecule has 1 N–H and O–H groups in total. The minimum absolute atomic E-state index is 1.21. The maximum Gasteiger partial charge on any atom is 0.0526 e. The van der Waals surface area contributed by atoms with Gasteiger partial charge in [0.2, 0.25) is 0 Å². The highest BCUT2D eigenvalue weighted by atomic mass is 32.2. The summed E-state index contributed by atoms with van der Waals surface area (Å²) >= 11 is 1.89. The third-order valence-corrected chi connectivity index (χ3v) is 6.37.